The number of amides is 3. The Morgan fingerprint density at radius 3 is 2.46 bits per heavy atom. The molecule has 3 amide bonds. The van der Waals surface area contributed by atoms with Gasteiger partial charge in [-0.05, 0) is 82.6 Å². The summed E-state index contributed by atoms with van der Waals surface area (Å²) in [4.78, 5) is 36.5. The minimum atomic E-state index is -0.915. The maximum atomic E-state index is 12.4. The Bertz CT molecular complexity index is 1380. The van der Waals surface area contributed by atoms with Crippen LogP contribution in [0.2, 0.25) is 5.02 Å². The van der Waals surface area contributed by atoms with E-state index in [4.69, 9.17) is 25.8 Å². The van der Waals surface area contributed by atoms with Crippen LogP contribution in [0.5, 0.6) is 17.2 Å². The summed E-state index contributed by atoms with van der Waals surface area (Å²) in [5.41, 5.74) is 4.92. The fourth-order valence-corrected chi connectivity index (χ4v) is 4.20. The molecule has 39 heavy (non-hydrogen) atoms. The summed E-state index contributed by atoms with van der Waals surface area (Å²) >= 11 is 8.14. The van der Waals surface area contributed by atoms with E-state index in [0.29, 0.717) is 37.1 Å². The van der Waals surface area contributed by atoms with E-state index in [1.54, 1.807) is 61.7 Å². The number of nitrogens with zero attached hydrogens (tertiary/aromatic N) is 1. The molecule has 0 atom stereocenters. The number of methoxy groups -OCH3 is 2. The van der Waals surface area contributed by atoms with E-state index in [2.05, 4.69) is 21.2 Å². The second kappa shape index (κ2) is 14.4. The molecular formula is C27H26ClIN4O6. The summed E-state index contributed by atoms with van der Waals surface area (Å²) in [6.07, 6.45) is 1.36. The number of hydrazone groups is 1. The van der Waals surface area contributed by atoms with Gasteiger partial charge in [0.2, 0.25) is 0 Å². The molecule has 0 aliphatic heterocycles. The number of carbonyl (C=O) groups is 3. The number of ether oxygens (including phenoxy) is 3. The second-order valence-electron chi connectivity index (χ2n) is 8.01. The summed E-state index contributed by atoms with van der Waals surface area (Å²) in [5, 5.41) is 9.69. The van der Waals surface area contributed by atoms with Crippen molar-refractivity contribution in [2.75, 3.05) is 26.1 Å². The van der Waals surface area contributed by atoms with Crippen molar-refractivity contribution in [3.63, 3.8) is 0 Å². The molecule has 3 aromatic rings. The lowest BCUT2D eigenvalue weighted by Gasteiger charge is -2.14. The summed E-state index contributed by atoms with van der Waals surface area (Å²) in [6, 6.07) is 15.7. The van der Waals surface area contributed by atoms with Gasteiger partial charge in [0.25, 0.3) is 5.91 Å². The Morgan fingerprint density at radius 2 is 1.77 bits per heavy atom. The first-order valence-corrected chi connectivity index (χ1v) is 13.0. The normalized spacial score (nSPS) is 10.6. The van der Waals surface area contributed by atoms with Gasteiger partial charge in [-0.3, -0.25) is 14.4 Å². The third-order valence-electron chi connectivity index (χ3n) is 5.34. The van der Waals surface area contributed by atoms with E-state index in [1.807, 2.05) is 29.5 Å². The lowest BCUT2D eigenvalue weighted by molar-refractivity contribution is -0.139. The highest BCUT2D eigenvalue weighted by Gasteiger charge is 2.15. The van der Waals surface area contributed by atoms with Crippen LogP contribution >= 0.6 is 34.2 Å². The number of benzene rings is 3. The summed E-state index contributed by atoms with van der Waals surface area (Å²) in [5.74, 6) is -0.685. The van der Waals surface area contributed by atoms with Crippen molar-refractivity contribution in [1.29, 1.82) is 0 Å². The van der Waals surface area contributed by atoms with Gasteiger partial charge in [-0.1, -0.05) is 29.8 Å². The van der Waals surface area contributed by atoms with Gasteiger partial charge in [0.1, 0.15) is 5.75 Å². The maximum absolute atomic E-state index is 12.4. The van der Waals surface area contributed by atoms with Crippen molar-refractivity contribution in [1.82, 2.24) is 10.7 Å². The number of hydrogen-bond donors (Lipinski definition) is 3. The molecule has 3 rings (SSSR count). The first-order chi connectivity index (χ1) is 18.7. The van der Waals surface area contributed by atoms with Crippen LogP contribution in [0.1, 0.15) is 16.7 Å². The van der Waals surface area contributed by atoms with Crippen LogP contribution in [0.25, 0.3) is 0 Å². The van der Waals surface area contributed by atoms with Crippen LogP contribution in [-0.2, 0) is 20.9 Å². The van der Waals surface area contributed by atoms with Gasteiger partial charge >= 0.3 is 11.8 Å². The standard InChI is InChI=1S/C27H26ClIN4O6/c1-16-20(28)5-4-6-22(16)32-24(34)15-39-25-21(29)11-18(12-23(25)38-3)14-31-33-27(36)26(35)30-13-17-7-9-19(37-2)10-8-17/h4-12,14H,13,15H2,1-3H3,(H,30,35)(H,32,34)(H,33,36)/b31-14-. The molecule has 0 spiro atoms. The zero-order valence-corrected chi connectivity index (χ0v) is 24.3. The molecule has 0 saturated carbocycles. The average molecular weight is 665 g/mol. The van der Waals surface area contributed by atoms with Crippen LogP contribution in [0.15, 0.2) is 59.7 Å². The van der Waals surface area contributed by atoms with Crippen LogP contribution in [-0.4, -0.2) is 44.8 Å². The summed E-state index contributed by atoms with van der Waals surface area (Å²) in [6.45, 7) is 1.73. The molecule has 12 heteroatoms. The minimum Gasteiger partial charge on any atom is -0.497 e. The van der Waals surface area contributed by atoms with Crippen molar-refractivity contribution in [3.8, 4) is 17.2 Å². The Balaban J connectivity index is 1.54. The van der Waals surface area contributed by atoms with Gasteiger partial charge in [-0.15, -0.1) is 0 Å². The Hall–Kier alpha value is -3.84. The van der Waals surface area contributed by atoms with Crippen molar-refractivity contribution in [2.45, 2.75) is 13.5 Å². The van der Waals surface area contributed by atoms with E-state index in [-0.39, 0.29) is 19.1 Å². The van der Waals surface area contributed by atoms with Gasteiger partial charge in [0.05, 0.1) is 24.0 Å². The molecule has 0 radical (unpaired) electrons. The number of rotatable bonds is 10. The molecule has 0 heterocycles. The van der Waals surface area contributed by atoms with Crippen molar-refractivity contribution in [2.24, 2.45) is 5.10 Å². The Labute approximate surface area is 244 Å². The van der Waals surface area contributed by atoms with E-state index in [1.165, 1.54) is 13.3 Å². The van der Waals surface area contributed by atoms with Gasteiger partial charge in [0, 0.05) is 17.3 Å². The van der Waals surface area contributed by atoms with Crippen molar-refractivity contribution < 1.29 is 28.6 Å². The first kappa shape index (κ1) is 29.7. The molecule has 0 aliphatic rings. The third kappa shape index (κ3) is 8.58. The van der Waals surface area contributed by atoms with Crippen molar-refractivity contribution >= 4 is 63.8 Å². The molecular weight excluding hydrogens is 639 g/mol. The molecule has 3 aromatic carbocycles. The van der Waals surface area contributed by atoms with Gasteiger partial charge in [-0.25, -0.2) is 5.43 Å². The molecule has 10 nitrogen and oxygen atoms in total. The van der Waals surface area contributed by atoms with E-state index < -0.39 is 11.8 Å². The highest BCUT2D eigenvalue weighted by atomic mass is 127. The SMILES string of the molecule is COc1ccc(CNC(=O)C(=O)N/N=C\c2cc(I)c(OCC(=O)Nc3cccc(Cl)c3C)c(OC)c2)cc1. The average Bonchev–Trinajstić information content (AvgIpc) is 2.93. The van der Waals surface area contributed by atoms with Crippen LogP contribution in [0.4, 0.5) is 5.69 Å². The Morgan fingerprint density at radius 1 is 1.03 bits per heavy atom. The highest BCUT2D eigenvalue weighted by Crippen LogP contribution is 2.33. The molecule has 0 unspecified atom stereocenters. The monoisotopic (exact) mass is 664 g/mol. The highest BCUT2D eigenvalue weighted by molar-refractivity contribution is 14.1. The van der Waals surface area contributed by atoms with Crippen molar-refractivity contribution in [3.05, 3.63) is 79.9 Å². The number of nitrogens with one attached hydrogen (secondary N) is 3. The van der Waals surface area contributed by atoms with Gasteiger partial charge in [0.15, 0.2) is 18.1 Å². The lowest BCUT2D eigenvalue weighted by atomic mass is 10.2. The van der Waals surface area contributed by atoms with E-state index in [9.17, 15) is 14.4 Å². The molecule has 3 N–H and O–H groups in total. The van der Waals surface area contributed by atoms with Gasteiger partial charge < -0.3 is 24.8 Å². The number of hydrogen-bond acceptors (Lipinski definition) is 7. The fourth-order valence-electron chi connectivity index (χ4n) is 3.24. The zero-order chi connectivity index (χ0) is 28.4. The van der Waals surface area contributed by atoms with Crippen LogP contribution in [0, 0.1) is 10.5 Å². The molecule has 0 aromatic heterocycles. The smallest absolute Gasteiger partial charge is 0.329 e. The van der Waals surface area contributed by atoms with Crippen LogP contribution < -0.4 is 30.3 Å². The van der Waals surface area contributed by atoms with E-state index >= 15 is 0 Å². The van der Waals surface area contributed by atoms with Gasteiger partial charge in [-0.2, -0.15) is 5.10 Å². The lowest BCUT2D eigenvalue weighted by Crippen LogP contribution is -2.37. The zero-order valence-electron chi connectivity index (χ0n) is 21.3. The number of anilines is 1. The quantitative estimate of drug-likeness (QED) is 0.130. The summed E-state index contributed by atoms with van der Waals surface area (Å²) in [7, 11) is 3.02. The fraction of sp³-hybridized carbons (Fsp3) is 0.185. The topological polar surface area (TPSA) is 127 Å². The number of halogens is 2. The van der Waals surface area contributed by atoms with Crippen LogP contribution in [0.3, 0.4) is 0 Å². The first-order valence-electron chi connectivity index (χ1n) is 11.5. The number of carbonyl (C=O) groups excluding carboxylic acids is 3. The van der Waals surface area contributed by atoms with E-state index in [0.717, 1.165) is 11.1 Å². The predicted octanol–water partition coefficient (Wildman–Crippen LogP) is 4.05. The predicted molar refractivity (Wildman–Crippen MR) is 157 cm³/mol. The minimum absolute atomic E-state index is 0.174. The molecule has 204 valence electrons. The molecule has 0 saturated heterocycles. The molecule has 0 bridgehead atoms. The largest absolute Gasteiger partial charge is 0.497 e. The summed E-state index contributed by atoms with van der Waals surface area (Å²) < 4.78 is 16.9. The molecule has 0 aliphatic carbocycles. The molecule has 0 fully saturated rings. The maximum Gasteiger partial charge on any atom is 0.329 e. The second-order valence-corrected chi connectivity index (χ2v) is 9.58. The Kier molecular flexibility index (Phi) is 10.9. The third-order valence-corrected chi connectivity index (χ3v) is 6.55.